The Bertz CT molecular complexity index is 1160. The highest BCUT2D eigenvalue weighted by Crippen LogP contribution is 2.29. The van der Waals surface area contributed by atoms with Gasteiger partial charge in [0, 0.05) is 28.1 Å². The van der Waals surface area contributed by atoms with Crippen LogP contribution in [-0.2, 0) is 6.54 Å². The van der Waals surface area contributed by atoms with E-state index in [-0.39, 0.29) is 5.91 Å². The van der Waals surface area contributed by atoms with E-state index in [0.717, 1.165) is 27.4 Å². The number of carbonyl (C=O) groups excluding carboxylic acids is 1. The van der Waals surface area contributed by atoms with Gasteiger partial charge in [0.25, 0.3) is 5.91 Å². The number of aromatic nitrogens is 1. The first-order chi connectivity index (χ1) is 14.1. The van der Waals surface area contributed by atoms with E-state index in [1.807, 2.05) is 54.6 Å². The van der Waals surface area contributed by atoms with E-state index in [1.165, 1.54) is 0 Å². The fourth-order valence-electron chi connectivity index (χ4n) is 2.91. The summed E-state index contributed by atoms with van der Waals surface area (Å²) in [6, 6.07) is 22.9. The average molecular weight is 439 g/mol. The Kier molecular flexibility index (Phi) is 5.95. The van der Waals surface area contributed by atoms with Crippen LogP contribution in [0.5, 0.6) is 0 Å². The van der Waals surface area contributed by atoms with Crippen molar-refractivity contribution in [2.75, 3.05) is 0 Å². The topological polar surface area (TPSA) is 42.0 Å². The summed E-state index contributed by atoms with van der Waals surface area (Å²) < 4.78 is 0. The van der Waals surface area contributed by atoms with Crippen LogP contribution < -0.4 is 5.32 Å². The van der Waals surface area contributed by atoms with Crippen LogP contribution in [0.4, 0.5) is 0 Å². The molecule has 144 valence electrons. The maximum atomic E-state index is 12.4. The van der Waals surface area contributed by atoms with Gasteiger partial charge in [-0.05, 0) is 29.8 Å². The minimum Gasteiger partial charge on any atom is -0.348 e. The van der Waals surface area contributed by atoms with Gasteiger partial charge in [-0.25, -0.2) is 4.98 Å². The number of amides is 1. The molecule has 0 unspecified atom stereocenters. The summed E-state index contributed by atoms with van der Waals surface area (Å²) in [5, 5.41) is 6.73. The van der Waals surface area contributed by atoms with Gasteiger partial charge in [0.2, 0.25) is 0 Å². The molecule has 0 radical (unpaired) electrons. The van der Waals surface area contributed by atoms with Gasteiger partial charge in [0.15, 0.2) is 0 Å². The van der Waals surface area contributed by atoms with Crippen molar-refractivity contribution in [2.24, 2.45) is 0 Å². The van der Waals surface area contributed by atoms with Crippen molar-refractivity contribution in [3.05, 3.63) is 99.3 Å². The molecule has 0 saturated carbocycles. The fraction of sp³-hybridized carbons (Fsp3) is 0.0435. The maximum Gasteiger partial charge on any atom is 0.253 e. The van der Waals surface area contributed by atoms with Gasteiger partial charge in [0.1, 0.15) is 5.01 Å². The summed E-state index contributed by atoms with van der Waals surface area (Å²) >= 11 is 13.7. The van der Waals surface area contributed by atoms with Crippen LogP contribution >= 0.6 is 34.5 Å². The number of hydrogen-bond donors (Lipinski definition) is 1. The lowest BCUT2D eigenvalue weighted by Crippen LogP contribution is -2.23. The third-order valence-corrected chi connectivity index (χ3v) is 5.83. The quantitative estimate of drug-likeness (QED) is 0.375. The minimum atomic E-state index is -0.261. The lowest BCUT2D eigenvalue weighted by atomic mass is 10.1. The maximum absolute atomic E-state index is 12.4. The van der Waals surface area contributed by atoms with E-state index in [4.69, 9.17) is 28.2 Å². The van der Waals surface area contributed by atoms with Gasteiger partial charge in [0.05, 0.1) is 16.3 Å². The molecule has 1 amide bonds. The lowest BCUT2D eigenvalue weighted by molar-refractivity contribution is 0.0951. The second-order valence-corrected chi connectivity index (χ2v) is 8.11. The largest absolute Gasteiger partial charge is 0.348 e. The molecule has 0 fully saturated rings. The zero-order chi connectivity index (χ0) is 20.2. The molecule has 0 aliphatic carbocycles. The Morgan fingerprint density at radius 3 is 2.55 bits per heavy atom. The van der Waals surface area contributed by atoms with Gasteiger partial charge in [-0.3, -0.25) is 4.79 Å². The van der Waals surface area contributed by atoms with Crippen LogP contribution in [0.2, 0.25) is 10.0 Å². The van der Waals surface area contributed by atoms with Crippen molar-refractivity contribution in [3.63, 3.8) is 0 Å². The predicted octanol–water partition coefficient (Wildman–Crippen LogP) is 6.71. The molecular weight excluding hydrogens is 423 g/mol. The van der Waals surface area contributed by atoms with Gasteiger partial charge >= 0.3 is 0 Å². The van der Waals surface area contributed by atoms with E-state index in [2.05, 4.69) is 10.7 Å². The summed E-state index contributed by atoms with van der Waals surface area (Å²) in [5.74, 6) is -0.261. The number of benzene rings is 3. The number of rotatable bonds is 5. The first kappa shape index (κ1) is 19.6. The number of halogens is 2. The van der Waals surface area contributed by atoms with Crippen LogP contribution in [0.3, 0.4) is 0 Å². The highest BCUT2D eigenvalue weighted by molar-refractivity contribution is 7.13. The number of thiazole rings is 1. The average Bonchev–Trinajstić information content (AvgIpc) is 3.25. The summed E-state index contributed by atoms with van der Waals surface area (Å²) in [4.78, 5) is 17.2. The third kappa shape index (κ3) is 4.67. The molecule has 0 aliphatic heterocycles. The molecule has 1 aromatic heterocycles. The molecule has 0 bridgehead atoms. The molecule has 4 rings (SSSR count). The standard InChI is InChI=1S/C23H16Cl2N2OS/c24-18-9-10-20(25)19(12-18)22(28)26-13-15-5-4-8-17(11-15)23-27-21(14-29-23)16-6-2-1-3-7-16/h1-12,14H,13H2,(H,26,28). The van der Waals surface area contributed by atoms with Gasteiger partial charge in [-0.15, -0.1) is 11.3 Å². The molecule has 4 aromatic rings. The molecule has 0 atom stereocenters. The van der Waals surface area contributed by atoms with Crippen molar-refractivity contribution in [1.29, 1.82) is 0 Å². The zero-order valence-corrected chi connectivity index (χ0v) is 17.6. The second kappa shape index (κ2) is 8.78. The van der Waals surface area contributed by atoms with Crippen molar-refractivity contribution in [2.45, 2.75) is 6.54 Å². The molecule has 6 heteroatoms. The number of nitrogens with one attached hydrogen (secondary N) is 1. The zero-order valence-electron chi connectivity index (χ0n) is 15.2. The third-order valence-electron chi connectivity index (χ3n) is 4.37. The van der Waals surface area contributed by atoms with Crippen molar-refractivity contribution in [3.8, 4) is 21.8 Å². The van der Waals surface area contributed by atoms with Crippen LogP contribution in [0.15, 0.2) is 78.2 Å². The Balaban J connectivity index is 1.49. The van der Waals surface area contributed by atoms with Crippen LogP contribution in [0.1, 0.15) is 15.9 Å². The summed E-state index contributed by atoms with van der Waals surface area (Å²) in [5.41, 5.74) is 4.41. The molecule has 0 aliphatic rings. The van der Waals surface area contributed by atoms with Gasteiger partial charge < -0.3 is 5.32 Å². The summed E-state index contributed by atoms with van der Waals surface area (Å²) in [6.45, 7) is 0.381. The predicted molar refractivity (Wildman–Crippen MR) is 121 cm³/mol. The molecular formula is C23H16Cl2N2OS. The van der Waals surface area contributed by atoms with E-state index in [9.17, 15) is 4.79 Å². The minimum absolute atomic E-state index is 0.261. The summed E-state index contributed by atoms with van der Waals surface area (Å²) in [7, 11) is 0. The number of carbonyl (C=O) groups is 1. The van der Waals surface area contributed by atoms with Crippen LogP contribution in [0.25, 0.3) is 21.8 Å². The number of hydrogen-bond acceptors (Lipinski definition) is 3. The molecule has 29 heavy (non-hydrogen) atoms. The fourth-order valence-corrected chi connectivity index (χ4v) is 4.11. The molecule has 1 N–H and O–H groups in total. The van der Waals surface area contributed by atoms with Crippen LogP contribution in [-0.4, -0.2) is 10.9 Å². The Morgan fingerprint density at radius 1 is 0.931 bits per heavy atom. The van der Waals surface area contributed by atoms with E-state index in [1.54, 1.807) is 29.5 Å². The molecule has 1 heterocycles. The smallest absolute Gasteiger partial charge is 0.253 e. The summed E-state index contributed by atoms with van der Waals surface area (Å²) in [6.07, 6.45) is 0. The highest BCUT2D eigenvalue weighted by atomic mass is 35.5. The highest BCUT2D eigenvalue weighted by Gasteiger charge is 2.12. The first-order valence-corrected chi connectivity index (χ1v) is 10.6. The van der Waals surface area contributed by atoms with Crippen LogP contribution in [0, 0.1) is 0 Å². The van der Waals surface area contributed by atoms with Gasteiger partial charge in [-0.2, -0.15) is 0 Å². The number of nitrogens with zero attached hydrogens (tertiary/aromatic N) is 1. The first-order valence-electron chi connectivity index (χ1n) is 8.93. The molecule has 0 spiro atoms. The Hall–Kier alpha value is -2.66. The van der Waals surface area contributed by atoms with Crippen molar-refractivity contribution >= 4 is 40.4 Å². The van der Waals surface area contributed by atoms with Crippen molar-refractivity contribution < 1.29 is 4.79 Å². The van der Waals surface area contributed by atoms with E-state index < -0.39 is 0 Å². The second-order valence-electron chi connectivity index (χ2n) is 6.41. The Morgan fingerprint density at radius 2 is 1.72 bits per heavy atom. The molecule has 3 nitrogen and oxygen atoms in total. The van der Waals surface area contributed by atoms with Crippen molar-refractivity contribution in [1.82, 2.24) is 10.3 Å². The Labute approximate surface area is 183 Å². The normalized spacial score (nSPS) is 10.7. The SMILES string of the molecule is O=C(NCc1cccc(-c2nc(-c3ccccc3)cs2)c1)c1cc(Cl)ccc1Cl. The lowest BCUT2D eigenvalue weighted by Gasteiger charge is -2.08. The van der Waals surface area contributed by atoms with Gasteiger partial charge in [-0.1, -0.05) is 71.7 Å². The van der Waals surface area contributed by atoms with E-state index in [0.29, 0.717) is 22.2 Å². The van der Waals surface area contributed by atoms with E-state index >= 15 is 0 Å². The molecule has 3 aromatic carbocycles. The monoisotopic (exact) mass is 438 g/mol. The molecule has 0 saturated heterocycles.